The van der Waals surface area contributed by atoms with Crippen molar-refractivity contribution in [3.63, 3.8) is 0 Å². The van der Waals surface area contributed by atoms with Crippen LogP contribution in [-0.2, 0) is 0 Å². The van der Waals surface area contributed by atoms with Gasteiger partial charge in [-0.3, -0.25) is 0 Å². The maximum atomic E-state index is 9.58. The number of aromatic nitrogens is 1. The Morgan fingerprint density at radius 2 is 1.58 bits per heavy atom. The van der Waals surface area contributed by atoms with E-state index in [1.807, 2.05) is 36.4 Å². The zero-order chi connectivity index (χ0) is 23.2. The molecule has 4 rings (SSSR count). The van der Waals surface area contributed by atoms with Crippen LogP contribution < -0.4 is 24.0 Å². The second kappa shape index (κ2) is 10.0. The van der Waals surface area contributed by atoms with Crippen LogP contribution in [0.25, 0.3) is 12.2 Å². The first-order valence-corrected chi connectivity index (χ1v) is 10.6. The van der Waals surface area contributed by atoms with E-state index in [2.05, 4.69) is 33.0 Å². The molecular formula is C25H26N4O4. The van der Waals surface area contributed by atoms with Crippen molar-refractivity contribution in [2.24, 2.45) is 0 Å². The van der Waals surface area contributed by atoms with Crippen molar-refractivity contribution < 1.29 is 18.6 Å². The summed E-state index contributed by atoms with van der Waals surface area (Å²) in [5.41, 5.74) is 2.34. The quantitative estimate of drug-likeness (QED) is 0.537. The van der Waals surface area contributed by atoms with E-state index < -0.39 is 0 Å². The second-order valence-electron chi connectivity index (χ2n) is 7.44. The molecule has 8 heteroatoms. The summed E-state index contributed by atoms with van der Waals surface area (Å²) in [4.78, 5) is 8.72. The number of benzene rings is 2. The van der Waals surface area contributed by atoms with Crippen molar-refractivity contribution in [3.05, 3.63) is 59.6 Å². The van der Waals surface area contributed by atoms with Crippen molar-refractivity contribution >= 4 is 23.7 Å². The molecule has 1 aliphatic heterocycles. The average Bonchev–Trinajstić information content (AvgIpc) is 3.30. The van der Waals surface area contributed by atoms with Gasteiger partial charge in [-0.05, 0) is 48.0 Å². The van der Waals surface area contributed by atoms with Crippen molar-refractivity contribution in [1.29, 1.82) is 5.26 Å². The fourth-order valence-corrected chi connectivity index (χ4v) is 3.77. The van der Waals surface area contributed by atoms with E-state index in [1.165, 1.54) is 0 Å². The van der Waals surface area contributed by atoms with Gasteiger partial charge < -0.3 is 28.4 Å². The van der Waals surface area contributed by atoms with E-state index >= 15 is 0 Å². The van der Waals surface area contributed by atoms with Gasteiger partial charge in [0.15, 0.2) is 11.5 Å². The zero-order valence-electron chi connectivity index (χ0n) is 18.9. The number of anilines is 2. The van der Waals surface area contributed by atoms with Gasteiger partial charge in [0.1, 0.15) is 11.8 Å². The molecular weight excluding hydrogens is 420 g/mol. The Balaban J connectivity index is 1.45. The Kier molecular flexibility index (Phi) is 6.69. The summed E-state index contributed by atoms with van der Waals surface area (Å²) in [6, 6.07) is 15.8. The summed E-state index contributed by atoms with van der Waals surface area (Å²) >= 11 is 0. The first-order chi connectivity index (χ1) is 16.1. The smallest absolute Gasteiger partial charge is 0.235 e. The number of hydrogen-bond acceptors (Lipinski definition) is 8. The zero-order valence-corrected chi connectivity index (χ0v) is 18.9. The normalized spacial score (nSPS) is 13.8. The molecule has 170 valence electrons. The third kappa shape index (κ3) is 4.88. The number of nitriles is 1. The van der Waals surface area contributed by atoms with Crippen LogP contribution in [0.5, 0.6) is 17.2 Å². The fraction of sp³-hybridized carbons (Fsp3) is 0.280. The van der Waals surface area contributed by atoms with Crippen LogP contribution in [0.4, 0.5) is 11.6 Å². The van der Waals surface area contributed by atoms with Crippen LogP contribution in [0, 0.1) is 11.3 Å². The highest BCUT2D eigenvalue weighted by Crippen LogP contribution is 2.29. The van der Waals surface area contributed by atoms with Crippen LogP contribution in [0.3, 0.4) is 0 Å². The Hall–Kier alpha value is -4.12. The minimum Gasteiger partial charge on any atom is -0.497 e. The van der Waals surface area contributed by atoms with Gasteiger partial charge in [-0.15, -0.1) is 0 Å². The molecule has 0 amide bonds. The molecule has 0 spiro atoms. The maximum Gasteiger partial charge on any atom is 0.235 e. The number of hydrogen-bond donors (Lipinski definition) is 0. The number of ether oxygens (including phenoxy) is 3. The van der Waals surface area contributed by atoms with Gasteiger partial charge in [0.05, 0.1) is 21.3 Å². The molecule has 0 saturated carbocycles. The first kappa shape index (κ1) is 22.1. The van der Waals surface area contributed by atoms with E-state index in [0.29, 0.717) is 29.0 Å². The first-order valence-electron chi connectivity index (χ1n) is 10.6. The molecule has 1 saturated heterocycles. The van der Waals surface area contributed by atoms with Crippen molar-refractivity contribution in [3.8, 4) is 23.3 Å². The van der Waals surface area contributed by atoms with Gasteiger partial charge in [0.25, 0.3) is 0 Å². The number of nitrogens with zero attached hydrogens (tertiary/aromatic N) is 4. The molecule has 3 aromatic rings. The van der Waals surface area contributed by atoms with Crippen LogP contribution in [0.1, 0.15) is 17.1 Å². The molecule has 1 aliphatic rings. The Bertz CT molecular complexity index is 1160. The SMILES string of the molecule is COc1ccc(N2CCN(c3oc(C=Cc4ccc(OC)c(OC)c4)nc3C#N)CC2)cc1. The van der Waals surface area contributed by atoms with Crippen LogP contribution in [0.2, 0.25) is 0 Å². The van der Waals surface area contributed by atoms with Gasteiger partial charge >= 0.3 is 0 Å². The molecule has 0 atom stereocenters. The second-order valence-corrected chi connectivity index (χ2v) is 7.44. The largest absolute Gasteiger partial charge is 0.497 e. The van der Waals surface area contributed by atoms with Crippen LogP contribution in [0.15, 0.2) is 46.9 Å². The van der Waals surface area contributed by atoms with E-state index in [0.717, 1.165) is 43.2 Å². The van der Waals surface area contributed by atoms with Gasteiger partial charge in [-0.25, -0.2) is 0 Å². The van der Waals surface area contributed by atoms with Crippen molar-refractivity contribution in [1.82, 2.24) is 4.98 Å². The summed E-state index contributed by atoms with van der Waals surface area (Å²) in [6.45, 7) is 3.09. The third-order valence-electron chi connectivity index (χ3n) is 5.56. The van der Waals surface area contributed by atoms with Gasteiger partial charge in [0.2, 0.25) is 17.5 Å². The lowest BCUT2D eigenvalue weighted by molar-refractivity contribution is 0.355. The van der Waals surface area contributed by atoms with Gasteiger partial charge in [-0.1, -0.05) is 6.07 Å². The molecule has 2 heterocycles. The monoisotopic (exact) mass is 446 g/mol. The van der Waals surface area contributed by atoms with Crippen molar-refractivity contribution in [2.75, 3.05) is 57.3 Å². The van der Waals surface area contributed by atoms with Crippen molar-refractivity contribution in [2.45, 2.75) is 0 Å². The number of piperazine rings is 1. The predicted octanol–water partition coefficient (Wildman–Crippen LogP) is 4.07. The molecule has 1 fully saturated rings. The molecule has 2 aromatic carbocycles. The highest BCUT2D eigenvalue weighted by atomic mass is 16.5. The highest BCUT2D eigenvalue weighted by molar-refractivity contribution is 5.69. The standard InChI is InChI=1S/C25H26N4O4/c1-30-20-8-6-19(7-9-20)28-12-14-29(15-13-28)25-21(17-26)27-24(33-25)11-5-18-4-10-22(31-2)23(16-18)32-3/h4-11,16H,12-15H2,1-3H3. The Morgan fingerprint density at radius 3 is 2.21 bits per heavy atom. The molecule has 33 heavy (non-hydrogen) atoms. The molecule has 8 nitrogen and oxygen atoms in total. The summed E-state index contributed by atoms with van der Waals surface area (Å²) < 4.78 is 21.8. The molecule has 1 aromatic heterocycles. The predicted molar refractivity (Wildman–Crippen MR) is 127 cm³/mol. The van der Waals surface area contributed by atoms with Crippen LogP contribution in [-0.4, -0.2) is 52.5 Å². The summed E-state index contributed by atoms with van der Waals surface area (Å²) in [6.07, 6.45) is 3.61. The lowest BCUT2D eigenvalue weighted by atomic mass is 10.2. The average molecular weight is 447 g/mol. The topological polar surface area (TPSA) is 84.0 Å². The Labute approximate surface area is 193 Å². The fourth-order valence-electron chi connectivity index (χ4n) is 3.77. The summed E-state index contributed by atoms with van der Waals surface area (Å²) in [5, 5.41) is 9.58. The molecule has 0 N–H and O–H groups in total. The molecule has 0 unspecified atom stereocenters. The Morgan fingerprint density at radius 1 is 0.879 bits per heavy atom. The lowest BCUT2D eigenvalue weighted by Crippen LogP contribution is -2.46. The summed E-state index contributed by atoms with van der Waals surface area (Å²) in [7, 11) is 4.86. The van der Waals surface area contributed by atoms with E-state index in [1.54, 1.807) is 27.4 Å². The highest BCUT2D eigenvalue weighted by Gasteiger charge is 2.24. The lowest BCUT2D eigenvalue weighted by Gasteiger charge is -2.35. The van der Waals surface area contributed by atoms with Crippen LogP contribution >= 0.6 is 0 Å². The number of oxazole rings is 1. The molecule has 0 radical (unpaired) electrons. The third-order valence-corrected chi connectivity index (χ3v) is 5.56. The van der Waals surface area contributed by atoms with E-state index in [9.17, 15) is 5.26 Å². The molecule has 0 aliphatic carbocycles. The maximum absolute atomic E-state index is 9.58. The summed E-state index contributed by atoms with van der Waals surface area (Å²) in [5.74, 6) is 3.04. The van der Waals surface area contributed by atoms with E-state index in [-0.39, 0.29) is 0 Å². The number of rotatable bonds is 7. The molecule has 0 bridgehead atoms. The number of methoxy groups -OCH3 is 3. The van der Waals surface area contributed by atoms with Gasteiger partial charge in [0, 0.05) is 37.9 Å². The van der Waals surface area contributed by atoms with Gasteiger partial charge in [-0.2, -0.15) is 10.2 Å². The van der Waals surface area contributed by atoms with E-state index in [4.69, 9.17) is 18.6 Å². The minimum atomic E-state index is 0.292. The minimum absolute atomic E-state index is 0.292.